The fourth-order valence-electron chi connectivity index (χ4n) is 2.92. The van der Waals surface area contributed by atoms with E-state index in [1.165, 1.54) is 62.5 Å². The van der Waals surface area contributed by atoms with Gasteiger partial charge in [0.25, 0.3) is 21.6 Å². The minimum Gasteiger partial charge on any atom is -0.449 e. The molecule has 0 bridgehead atoms. The number of benzene rings is 3. The normalized spacial score (nSPS) is 11.8. The molecule has 11 heteroatoms. The van der Waals surface area contributed by atoms with Gasteiger partial charge in [0.15, 0.2) is 6.10 Å². The molecule has 0 saturated heterocycles. The zero-order valence-corrected chi connectivity index (χ0v) is 19.1. The number of nitro benzene ring substituents is 1. The maximum absolute atomic E-state index is 12.8. The van der Waals surface area contributed by atoms with E-state index in [9.17, 15) is 28.1 Å². The molecular formula is C23H21N3O7S. The molecular weight excluding hydrogens is 462 g/mol. The average molecular weight is 484 g/mol. The van der Waals surface area contributed by atoms with Gasteiger partial charge in [-0.05, 0) is 49.4 Å². The van der Waals surface area contributed by atoms with Crippen LogP contribution in [0.25, 0.3) is 0 Å². The van der Waals surface area contributed by atoms with Gasteiger partial charge in [0.2, 0.25) is 0 Å². The monoisotopic (exact) mass is 483 g/mol. The Bertz CT molecular complexity index is 1310. The predicted molar refractivity (Wildman–Crippen MR) is 125 cm³/mol. The largest absolute Gasteiger partial charge is 0.449 e. The molecule has 0 aliphatic rings. The van der Waals surface area contributed by atoms with Crippen molar-refractivity contribution < 1.29 is 27.7 Å². The number of hydrogen-bond donors (Lipinski definition) is 1. The summed E-state index contributed by atoms with van der Waals surface area (Å²) in [6.07, 6.45) is -1.21. The zero-order chi connectivity index (χ0) is 24.9. The molecule has 3 aromatic rings. The minimum absolute atomic E-state index is 0.0214. The molecule has 0 radical (unpaired) electrons. The third-order valence-corrected chi connectivity index (χ3v) is 6.65. The van der Waals surface area contributed by atoms with E-state index in [-0.39, 0.29) is 21.8 Å². The molecule has 0 aliphatic heterocycles. The number of para-hydroxylation sites is 1. The summed E-state index contributed by atoms with van der Waals surface area (Å²) in [7, 11) is -2.42. The van der Waals surface area contributed by atoms with Gasteiger partial charge in [-0.1, -0.05) is 24.3 Å². The second-order valence-corrected chi connectivity index (χ2v) is 9.15. The third-order valence-electron chi connectivity index (χ3n) is 4.85. The van der Waals surface area contributed by atoms with E-state index in [1.54, 1.807) is 30.3 Å². The number of hydrogen-bond acceptors (Lipinski definition) is 7. The molecule has 3 aromatic carbocycles. The lowest BCUT2D eigenvalue weighted by molar-refractivity contribution is -0.384. The number of rotatable bonds is 8. The Hall–Kier alpha value is -4.25. The molecule has 0 heterocycles. The van der Waals surface area contributed by atoms with E-state index in [0.29, 0.717) is 5.69 Å². The summed E-state index contributed by atoms with van der Waals surface area (Å²) in [6.45, 7) is 1.35. The number of non-ortho nitro benzene ring substituents is 1. The summed E-state index contributed by atoms with van der Waals surface area (Å²) in [5.41, 5.74) is 0.514. The van der Waals surface area contributed by atoms with Crippen LogP contribution in [0.1, 0.15) is 17.3 Å². The first kappa shape index (κ1) is 24.4. The standard InChI is InChI=1S/C23H21N3O7S/c1-16(22(27)24-18-7-6-10-20(15-18)26(29)30)33-23(28)17-11-13-21(14-12-17)34(31,32)25(2)19-8-4-3-5-9-19/h3-16H,1-2H3,(H,24,27)/t16-/m0/s1. The van der Waals surface area contributed by atoms with Crippen LogP contribution in [0.15, 0.2) is 83.8 Å². The summed E-state index contributed by atoms with van der Waals surface area (Å²) in [5, 5.41) is 13.3. The van der Waals surface area contributed by atoms with E-state index in [1.807, 2.05) is 0 Å². The SMILES string of the molecule is C[C@H](OC(=O)c1ccc(S(=O)(=O)N(C)c2ccccc2)cc1)C(=O)Nc1cccc([N+](=O)[O-])c1. The number of anilines is 2. The number of nitro groups is 1. The number of esters is 1. The molecule has 0 unspecified atom stereocenters. The number of amides is 1. The molecule has 0 saturated carbocycles. The van der Waals surface area contributed by atoms with Crippen LogP contribution in [0.4, 0.5) is 17.1 Å². The number of ether oxygens (including phenoxy) is 1. The molecule has 10 nitrogen and oxygen atoms in total. The number of nitrogens with zero attached hydrogens (tertiary/aromatic N) is 2. The molecule has 1 N–H and O–H groups in total. The van der Waals surface area contributed by atoms with Gasteiger partial charge in [0.1, 0.15) is 0 Å². The Labute approximate surface area is 196 Å². The smallest absolute Gasteiger partial charge is 0.338 e. The second-order valence-electron chi connectivity index (χ2n) is 7.18. The van der Waals surface area contributed by atoms with Gasteiger partial charge < -0.3 is 10.1 Å². The lowest BCUT2D eigenvalue weighted by Crippen LogP contribution is -2.30. The molecule has 176 valence electrons. The molecule has 34 heavy (non-hydrogen) atoms. The molecule has 0 spiro atoms. The van der Waals surface area contributed by atoms with Gasteiger partial charge in [0.05, 0.1) is 21.1 Å². The number of carbonyl (C=O) groups excluding carboxylic acids is 2. The van der Waals surface area contributed by atoms with E-state index in [0.717, 1.165) is 4.31 Å². The third kappa shape index (κ3) is 5.56. The Morgan fingerprint density at radius 2 is 1.65 bits per heavy atom. The van der Waals surface area contributed by atoms with Crippen molar-refractivity contribution in [2.24, 2.45) is 0 Å². The first-order chi connectivity index (χ1) is 16.1. The van der Waals surface area contributed by atoms with Gasteiger partial charge in [-0.3, -0.25) is 19.2 Å². The van der Waals surface area contributed by atoms with Crippen LogP contribution in [0.2, 0.25) is 0 Å². The van der Waals surface area contributed by atoms with E-state index >= 15 is 0 Å². The van der Waals surface area contributed by atoms with Crippen molar-refractivity contribution in [3.8, 4) is 0 Å². The second kappa shape index (κ2) is 10.1. The molecule has 1 amide bonds. The van der Waals surface area contributed by atoms with Crippen LogP contribution in [0, 0.1) is 10.1 Å². The van der Waals surface area contributed by atoms with E-state index in [4.69, 9.17) is 4.74 Å². The van der Waals surface area contributed by atoms with Crippen LogP contribution >= 0.6 is 0 Å². The summed E-state index contributed by atoms with van der Waals surface area (Å²) in [6, 6.07) is 19.0. The topological polar surface area (TPSA) is 136 Å². The van der Waals surface area contributed by atoms with Gasteiger partial charge in [0, 0.05) is 24.9 Å². The summed E-state index contributed by atoms with van der Waals surface area (Å²) < 4.78 is 31.9. The maximum Gasteiger partial charge on any atom is 0.338 e. The van der Waals surface area contributed by atoms with Crippen molar-refractivity contribution >= 4 is 39.0 Å². The number of carbonyl (C=O) groups is 2. The van der Waals surface area contributed by atoms with Crippen LogP contribution < -0.4 is 9.62 Å². The van der Waals surface area contributed by atoms with E-state index in [2.05, 4.69) is 5.32 Å². The minimum atomic E-state index is -3.85. The Morgan fingerprint density at radius 3 is 2.26 bits per heavy atom. The summed E-state index contributed by atoms with van der Waals surface area (Å²) in [5.74, 6) is -1.51. The molecule has 0 aliphatic carbocycles. The molecule has 0 fully saturated rings. The first-order valence-corrected chi connectivity index (χ1v) is 11.4. The maximum atomic E-state index is 12.8. The lowest BCUT2D eigenvalue weighted by atomic mass is 10.2. The first-order valence-electron chi connectivity index (χ1n) is 10.00. The molecule has 1 atom stereocenters. The van der Waals surface area contributed by atoms with Crippen molar-refractivity contribution in [1.82, 2.24) is 0 Å². The molecule has 3 rings (SSSR count). The lowest BCUT2D eigenvalue weighted by Gasteiger charge is -2.19. The van der Waals surface area contributed by atoms with Crippen molar-refractivity contribution in [3.05, 3.63) is 94.5 Å². The Kier molecular flexibility index (Phi) is 7.27. The zero-order valence-electron chi connectivity index (χ0n) is 18.2. The summed E-state index contributed by atoms with van der Waals surface area (Å²) in [4.78, 5) is 35.0. The van der Waals surface area contributed by atoms with Crippen LogP contribution in [-0.2, 0) is 19.6 Å². The van der Waals surface area contributed by atoms with Crippen molar-refractivity contribution in [3.63, 3.8) is 0 Å². The van der Waals surface area contributed by atoms with Crippen LogP contribution in [0.5, 0.6) is 0 Å². The van der Waals surface area contributed by atoms with Crippen molar-refractivity contribution in [2.45, 2.75) is 17.9 Å². The number of sulfonamides is 1. The highest BCUT2D eigenvalue weighted by molar-refractivity contribution is 7.92. The van der Waals surface area contributed by atoms with Crippen LogP contribution in [-0.4, -0.2) is 38.4 Å². The van der Waals surface area contributed by atoms with Gasteiger partial charge in [-0.15, -0.1) is 0 Å². The van der Waals surface area contributed by atoms with Gasteiger partial charge in [-0.25, -0.2) is 13.2 Å². The summed E-state index contributed by atoms with van der Waals surface area (Å²) >= 11 is 0. The Balaban J connectivity index is 1.65. The van der Waals surface area contributed by atoms with Gasteiger partial charge >= 0.3 is 5.97 Å². The van der Waals surface area contributed by atoms with Crippen molar-refractivity contribution in [1.29, 1.82) is 0 Å². The highest BCUT2D eigenvalue weighted by atomic mass is 32.2. The fraction of sp³-hybridized carbons (Fsp3) is 0.130. The number of nitrogens with one attached hydrogen (secondary N) is 1. The highest BCUT2D eigenvalue weighted by Gasteiger charge is 2.23. The average Bonchev–Trinajstić information content (AvgIpc) is 2.84. The van der Waals surface area contributed by atoms with Crippen LogP contribution in [0.3, 0.4) is 0 Å². The van der Waals surface area contributed by atoms with E-state index < -0.39 is 32.9 Å². The van der Waals surface area contributed by atoms with Crippen molar-refractivity contribution in [2.75, 3.05) is 16.7 Å². The highest BCUT2D eigenvalue weighted by Crippen LogP contribution is 2.22. The quantitative estimate of drug-likeness (QED) is 0.294. The Morgan fingerprint density at radius 1 is 1.00 bits per heavy atom. The predicted octanol–water partition coefficient (Wildman–Crippen LogP) is 3.60. The van der Waals surface area contributed by atoms with Gasteiger partial charge in [-0.2, -0.15) is 0 Å². The molecule has 0 aromatic heterocycles. The fourth-order valence-corrected chi connectivity index (χ4v) is 4.12.